The van der Waals surface area contributed by atoms with Crippen molar-refractivity contribution in [3.63, 3.8) is 0 Å². The lowest BCUT2D eigenvalue weighted by atomic mass is 9.96. The third-order valence-corrected chi connectivity index (χ3v) is 4.63. The van der Waals surface area contributed by atoms with Gasteiger partial charge in [-0.15, -0.1) is 0 Å². The molecule has 2 fully saturated rings. The summed E-state index contributed by atoms with van der Waals surface area (Å²) in [6, 6.07) is 10.8. The lowest BCUT2D eigenvalue weighted by Crippen LogP contribution is -2.63. The van der Waals surface area contributed by atoms with Crippen molar-refractivity contribution in [2.24, 2.45) is 5.92 Å². The van der Waals surface area contributed by atoms with Gasteiger partial charge >= 0.3 is 0 Å². The Hall–Kier alpha value is -1.06. The van der Waals surface area contributed by atoms with Gasteiger partial charge in [0.05, 0.1) is 0 Å². The smallest absolute Gasteiger partial charge is 0.119 e. The summed E-state index contributed by atoms with van der Waals surface area (Å²) < 4.78 is 5.85. The molecule has 1 saturated heterocycles. The summed E-state index contributed by atoms with van der Waals surface area (Å²) in [7, 11) is 0. The van der Waals surface area contributed by atoms with Gasteiger partial charge in [-0.1, -0.05) is 18.2 Å². The van der Waals surface area contributed by atoms with E-state index in [4.69, 9.17) is 4.74 Å². The summed E-state index contributed by atoms with van der Waals surface area (Å²) in [5, 5.41) is 3.73. The zero-order valence-corrected chi connectivity index (χ0v) is 12.6. The number of hydrogen-bond acceptors (Lipinski definition) is 3. The molecular formula is C17H26N2O. The van der Waals surface area contributed by atoms with Crippen molar-refractivity contribution in [2.45, 2.75) is 38.3 Å². The van der Waals surface area contributed by atoms with Gasteiger partial charge < -0.3 is 10.1 Å². The molecule has 110 valence electrons. The van der Waals surface area contributed by atoms with Crippen molar-refractivity contribution in [3.05, 3.63) is 30.3 Å². The van der Waals surface area contributed by atoms with E-state index in [-0.39, 0.29) is 5.54 Å². The van der Waals surface area contributed by atoms with E-state index >= 15 is 0 Å². The molecule has 0 bridgehead atoms. The van der Waals surface area contributed by atoms with E-state index in [0.717, 1.165) is 37.9 Å². The van der Waals surface area contributed by atoms with Crippen LogP contribution in [0.1, 0.15) is 26.7 Å². The molecule has 20 heavy (non-hydrogen) atoms. The lowest BCUT2D eigenvalue weighted by Gasteiger charge is -2.46. The van der Waals surface area contributed by atoms with Crippen LogP contribution >= 0.6 is 0 Å². The molecule has 0 aromatic heterocycles. The third kappa shape index (κ3) is 3.33. The first-order valence-electron chi connectivity index (χ1n) is 7.81. The van der Waals surface area contributed by atoms with Crippen LogP contribution in [0.4, 0.5) is 0 Å². The number of hydrogen-bond donors (Lipinski definition) is 1. The summed E-state index contributed by atoms with van der Waals surface area (Å²) in [6.07, 6.45) is 2.82. The highest BCUT2D eigenvalue weighted by molar-refractivity contribution is 5.20. The maximum atomic E-state index is 5.85. The summed E-state index contributed by atoms with van der Waals surface area (Å²) in [5.74, 6) is 1.89. The minimum atomic E-state index is 0.228. The van der Waals surface area contributed by atoms with Crippen molar-refractivity contribution in [1.82, 2.24) is 10.2 Å². The molecule has 1 saturated carbocycles. The van der Waals surface area contributed by atoms with Crippen molar-refractivity contribution in [2.75, 3.05) is 26.2 Å². The Morgan fingerprint density at radius 3 is 2.70 bits per heavy atom. The summed E-state index contributed by atoms with van der Waals surface area (Å²) in [5.41, 5.74) is 0.228. The zero-order chi connectivity index (χ0) is 14.0. The van der Waals surface area contributed by atoms with Crippen LogP contribution < -0.4 is 10.1 Å². The number of nitrogens with zero attached hydrogens (tertiary/aromatic N) is 1. The van der Waals surface area contributed by atoms with E-state index in [1.165, 1.54) is 12.8 Å². The molecule has 1 atom stereocenters. The van der Waals surface area contributed by atoms with E-state index in [2.05, 4.69) is 24.1 Å². The van der Waals surface area contributed by atoms with Gasteiger partial charge in [0, 0.05) is 31.2 Å². The average molecular weight is 274 g/mol. The Balaban J connectivity index is 1.51. The van der Waals surface area contributed by atoms with E-state index in [9.17, 15) is 0 Å². The van der Waals surface area contributed by atoms with Crippen molar-refractivity contribution < 1.29 is 4.74 Å². The minimum absolute atomic E-state index is 0.228. The van der Waals surface area contributed by atoms with Crippen LogP contribution in [0.15, 0.2) is 30.3 Å². The van der Waals surface area contributed by atoms with Gasteiger partial charge in [0.15, 0.2) is 0 Å². The SMILES string of the molecule is CC1(C)CNC(C2CC2)CN1CCOc1ccccc1. The molecule has 0 radical (unpaired) electrons. The van der Waals surface area contributed by atoms with Crippen molar-refractivity contribution >= 4 is 0 Å². The number of rotatable bonds is 5. The van der Waals surface area contributed by atoms with Crippen LogP contribution in [0.2, 0.25) is 0 Å². The standard InChI is InChI=1S/C17H26N2O/c1-17(2)13-18-16(14-8-9-14)12-19(17)10-11-20-15-6-4-3-5-7-15/h3-7,14,16,18H,8-13H2,1-2H3. The van der Waals surface area contributed by atoms with Gasteiger partial charge in [-0.05, 0) is 44.7 Å². The van der Waals surface area contributed by atoms with Gasteiger partial charge in [-0.25, -0.2) is 0 Å². The van der Waals surface area contributed by atoms with Gasteiger partial charge in [0.1, 0.15) is 12.4 Å². The highest BCUT2D eigenvalue weighted by atomic mass is 16.5. The predicted octanol–water partition coefficient (Wildman–Crippen LogP) is 2.53. The number of para-hydroxylation sites is 1. The second-order valence-corrected chi connectivity index (χ2v) is 6.74. The summed E-state index contributed by atoms with van der Waals surface area (Å²) >= 11 is 0. The number of ether oxygens (including phenoxy) is 1. The van der Waals surface area contributed by atoms with Crippen LogP contribution in [-0.4, -0.2) is 42.7 Å². The van der Waals surface area contributed by atoms with Gasteiger partial charge in [-0.2, -0.15) is 0 Å². The summed E-state index contributed by atoms with van der Waals surface area (Å²) in [6.45, 7) is 8.67. The summed E-state index contributed by atoms with van der Waals surface area (Å²) in [4.78, 5) is 2.59. The van der Waals surface area contributed by atoms with E-state index in [1.807, 2.05) is 30.3 Å². The van der Waals surface area contributed by atoms with Crippen molar-refractivity contribution in [1.29, 1.82) is 0 Å². The minimum Gasteiger partial charge on any atom is -0.492 e. The molecule has 1 aromatic carbocycles. The quantitative estimate of drug-likeness (QED) is 0.893. The molecule has 3 nitrogen and oxygen atoms in total. The fourth-order valence-electron chi connectivity index (χ4n) is 3.04. The van der Waals surface area contributed by atoms with Crippen LogP contribution in [0.3, 0.4) is 0 Å². The monoisotopic (exact) mass is 274 g/mol. The number of benzene rings is 1. The molecule has 1 unspecified atom stereocenters. The van der Waals surface area contributed by atoms with Crippen LogP contribution in [0, 0.1) is 5.92 Å². The van der Waals surface area contributed by atoms with Crippen LogP contribution in [0.25, 0.3) is 0 Å². The molecule has 2 aliphatic rings. The third-order valence-electron chi connectivity index (χ3n) is 4.63. The Bertz CT molecular complexity index is 428. The first kappa shape index (κ1) is 13.9. The fraction of sp³-hybridized carbons (Fsp3) is 0.647. The molecular weight excluding hydrogens is 248 g/mol. The van der Waals surface area contributed by atoms with Gasteiger partial charge in [0.25, 0.3) is 0 Å². The van der Waals surface area contributed by atoms with E-state index in [1.54, 1.807) is 0 Å². The Labute approximate surface area is 122 Å². The maximum absolute atomic E-state index is 5.85. The molecule has 3 heteroatoms. The Kier molecular flexibility index (Phi) is 3.99. The van der Waals surface area contributed by atoms with Gasteiger partial charge in [-0.3, -0.25) is 4.90 Å². The molecule has 3 rings (SSSR count). The van der Waals surface area contributed by atoms with E-state index in [0.29, 0.717) is 6.04 Å². The first-order valence-corrected chi connectivity index (χ1v) is 7.81. The fourth-order valence-corrected chi connectivity index (χ4v) is 3.04. The molecule has 1 N–H and O–H groups in total. The van der Waals surface area contributed by atoms with Gasteiger partial charge in [0.2, 0.25) is 0 Å². The topological polar surface area (TPSA) is 24.5 Å². The molecule has 1 aliphatic heterocycles. The largest absolute Gasteiger partial charge is 0.492 e. The molecule has 1 aliphatic carbocycles. The second kappa shape index (κ2) is 5.74. The average Bonchev–Trinajstić information content (AvgIpc) is 3.26. The lowest BCUT2D eigenvalue weighted by molar-refractivity contribution is 0.0482. The Morgan fingerprint density at radius 1 is 1.25 bits per heavy atom. The molecule has 0 amide bonds. The zero-order valence-electron chi connectivity index (χ0n) is 12.6. The van der Waals surface area contributed by atoms with Crippen LogP contribution in [-0.2, 0) is 0 Å². The number of nitrogens with one attached hydrogen (secondary N) is 1. The number of piperazine rings is 1. The Morgan fingerprint density at radius 2 is 2.00 bits per heavy atom. The highest BCUT2D eigenvalue weighted by Gasteiger charge is 2.40. The highest BCUT2D eigenvalue weighted by Crippen LogP contribution is 2.35. The second-order valence-electron chi connectivity index (χ2n) is 6.74. The maximum Gasteiger partial charge on any atom is 0.119 e. The van der Waals surface area contributed by atoms with E-state index < -0.39 is 0 Å². The molecule has 1 aromatic rings. The normalized spacial score (nSPS) is 26.4. The van der Waals surface area contributed by atoms with Crippen molar-refractivity contribution in [3.8, 4) is 5.75 Å². The van der Waals surface area contributed by atoms with Crippen LogP contribution in [0.5, 0.6) is 5.75 Å². The molecule has 0 spiro atoms. The molecule has 1 heterocycles. The first-order chi connectivity index (χ1) is 9.65. The predicted molar refractivity (Wildman–Crippen MR) is 82.1 cm³/mol.